The SMILES string of the molecule is CC1=C(/C=C/C(C)=C/C=C/C(C)=C/C(=O)NCCNC(=O)c2cccnc2)C(C)(C)CCC1. The van der Waals surface area contributed by atoms with Crippen molar-refractivity contribution in [3.8, 4) is 0 Å². The number of carbonyl (C=O) groups is 2. The fraction of sp³-hybridized carbons (Fsp3) is 0.393. The van der Waals surface area contributed by atoms with E-state index < -0.39 is 0 Å². The first-order valence-corrected chi connectivity index (χ1v) is 11.6. The van der Waals surface area contributed by atoms with Gasteiger partial charge in [-0.2, -0.15) is 0 Å². The van der Waals surface area contributed by atoms with Crippen LogP contribution in [0.2, 0.25) is 0 Å². The molecule has 33 heavy (non-hydrogen) atoms. The molecule has 0 atom stereocenters. The Morgan fingerprint density at radius 3 is 2.58 bits per heavy atom. The number of amides is 2. The number of rotatable bonds is 9. The molecule has 0 saturated heterocycles. The van der Waals surface area contributed by atoms with Crippen LogP contribution in [0.3, 0.4) is 0 Å². The van der Waals surface area contributed by atoms with Gasteiger partial charge in [-0.25, -0.2) is 0 Å². The molecule has 0 bridgehead atoms. The number of nitrogens with zero attached hydrogens (tertiary/aromatic N) is 1. The smallest absolute Gasteiger partial charge is 0.252 e. The van der Waals surface area contributed by atoms with E-state index in [4.69, 9.17) is 0 Å². The summed E-state index contributed by atoms with van der Waals surface area (Å²) < 4.78 is 0. The average Bonchev–Trinajstić information content (AvgIpc) is 2.76. The molecular weight excluding hydrogens is 410 g/mol. The van der Waals surface area contributed by atoms with Crippen LogP contribution < -0.4 is 10.6 Å². The van der Waals surface area contributed by atoms with E-state index in [1.807, 2.05) is 25.2 Å². The Bertz CT molecular complexity index is 980. The summed E-state index contributed by atoms with van der Waals surface area (Å²) in [7, 11) is 0. The van der Waals surface area contributed by atoms with Gasteiger partial charge in [0.15, 0.2) is 0 Å². The van der Waals surface area contributed by atoms with E-state index in [0.717, 1.165) is 11.1 Å². The Labute approximate surface area is 198 Å². The average molecular weight is 448 g/mol. The molecule has 5 heteroatoms. The van der Waals surface area contributed by atoms with E-state index >= 15 is 0 Å². The van der Waals surface area contributed by atoms with Crippen molar-refractivity contribution in [1.82, 2.24) is 15.6 Å². The van der Waals surface area contributed by atoms with Crippen LogP contribution >= 0.6 is 0 Å². The van der Waals surface area contributed by atoms with E-state index in [1.54, 1.807) is 24.4 Å². The third-order valence-corrected chi connectivity index (χ3v) is 5.77. The molecule has 1 aromatic heterocycles. The highest BCUT2D eigenvalue weighted by Crippen LogP contribution is 2.40. The van der Waals surface area contributed by atoms with E-state index in [9.17, 15) is 9.59 Å². The molecule has 0 fully saturated rings. The van der Waals surface area contributed by atoms with Crippen molar-refractivity contribution >= 4 is 11.8 Å². The molecule has 0 radical (unpaired) electrons. The third-order valence-electron chi connectivity index (χ3n) is 5.77. The lowest BCUT2D eigenvalue weighted by Gasteiger charge is -2.32. The Kier molecular flexibility index (Phi) is 10.0. The lowest BCUT2D eigenvalue weighted by atomic mass is 9.72. The summed E-state index contributed by atoms with van der Waals surface area (Å²) in [6.45, 7) is 11.6. The maximum absolute atomic E-state index is 12.1. The first-order chi connectivity index (χ1) is 15.7. The topological polar surface area (TPSA) is 71.1 Å². The highest BCUT2D eigenvalue weighted by Gasteiger charge is 2.26. The number of allylic oxidation sites excluding steroid dienone is 9. The summed E-state index contributed by atoms with van der Waals surface area (Å²) in [5.74, 6) is -0.392. The van der Waals surface area contributed by atoms with Crippen LogP contribution in [-0.2, 0) is 4.79 Å². The largest absolute Gasteiger partial charge is 0.351 e. The lowest BCUT2D eigenvalue weighted by molar-refractivity contribution is -0.116. The van der Waals surface area contributed by atoms with Gasteiger partial charge in [0.05, 0.1) is 5.56 Å². The van der Waals surface area contributed by atoms with E-state index in [-0.39, 0.29) is 17.2 Å². The molecule has 176 valence electrons. The number of carbonyl (C=O) groups excluding carboxylic acids is 2. The van der Waals surface area contributed by atoms with E-state index in [0.29, 0.717) is 18.7 Å². The van der Waals surface area contributed by atoms with Gasteiger partial charge < -0.3 is 10.6 Å². The van der Waals surface area contributed by atoms with Crippen LogP contribution in [0.1, 0.15) is 64.2 Å². The Morgan fingerprint density at radius 1 is 1.12 bits per heavy atom. The first-order valence-electron chi connectivity index (χ1n) is 11.6. The molecule has 5 nitrogen and oxygen atoms in total. The summed E-state index contributed by atoms with van der Waals surface area (Å²) in [5.41, 5.74) is 5.70. The standard InChI is InChI=1S/C28H37N3O2/c1-21(13-14-25-23(3)11-7-15-28(25,4)5)9-6-10-22(2)19-26(32)30-17-18-31-27(33)24-12-8-16-29-20-24/h6,8-10,12-14,16,19-20H,7,11,15,17-18H2,1-5H3,(H,30,32)(H,31,33)/b10-6+,14-13+,21-9+,22-19+. The maximum atomic E-state index is 12.1. The van der Waals surface area contributed by atoms with Crippen molar-refractivity contribution < 1.29 is 9.59 Å². The van der Waals surface area contributed by atoms with Crippen LogP contribution in [0.15, 0.2) is 83.3 Å². The van der Waals surface area contributed by atoms with Gasteiger partial charge in [0.1, 0.15) is 0 Å². The van der Waals surface area contributed by atoms with Crippen LogP contribution in [0.25, 0.3) is 0 Å². The summed E-state index contributed by atoms with van der Waals surface area (Å²) in [6, 6.07) is 3.40. The summed E-state index contributed by atoms with van der Waals surface area (Å²) in [6.07, 6.45) is 18.7. The molecule has 0 unspecified atom stereocenters. The van der Waals surface area contributed by atoms with Crippen LogP contribution in [0.5, 0.6) is 0 Å². The molecule has 1 aromatic rings. The molecule has 2 N–H and O–H groups in total. The minimum Gasteiger partial charge on any atom is -0.351 e. The second kappa shape index (κ2) is 12.7. The fourth-order valence-corrected chi connectivity index (χ4v) is 3.90. The molecule has 0 spiro atoms. The minimum atomic E-state index is -0.207. The van der Waals surface area contributed by atoms with Crippen molar-refractivity contribution in [3.05, 3.63) is 88.8 Å². The highest BCUT2D eigenvalue weighted by atomic mass is 16.2. The van der Waals surface area contributed by atoms with Crippen molar-refractivity contribution in [3.63, 3.8) is 0 Å². The predicted octanol–water partition coefficient (Wildman–Crippen LogP) is 5.46. The molecule has 1 heterocycles. The number of aromatic nitrogens is 1. The molecule has 2 rings (SSSR count). The number of pyridine rings is 1. The molecule has 1 aliphatic carbocycles. The molecule has 0 aromatic carbocycles. The first kappa shape index (κ1) is 26.0. The zero-order chi connectivity index (χ0) is 24.3. The van der Waals surface area contributed by atoms with Crippen molar-refractivity contribution in [2.24, 2.45) is 5.41 Å². The molecule has 2 amide bonds. The van der Waals surface area contributed by atoms with Gasteiger partial charge in [0, 0.05) is 31.6 Å². The lowest BCUT2D eigenvalue weighted by Crippen LogP contribution is -2.34. The third kappa shape index (κ3) is 9.05. The minimum absolute atomic E-state index is 0.185. The van der Waals surface area contributed by atoms with Crippen molar-refractivity contribution in [2.75, 3.05) is 13.1 Å². The van der Waals surface area contributed by atoms with E-state index in [1.165, 1.54) is 36.6 Å². The van der Waals surface area contributed by atoms with Crippen molar-refractivity contribution in [2.45, 2.75) is 53.9 Å². The van der Waals surface area contributed by atoms with Gasteiger partial charge in [-0.05, 0) is 68.7 Å². The fourth-order valence-electron chi connectivity index (χ4n) is 3.90. The Hall–Kier alpha value is -3.21. The summed E-state index contributed by atoms with van der Waals surface area (Å²) in [5, 5.41) is 5.53. The van der Waals surface area contributed by atoms with Gasteiger partial charge >= 0.3 is 0 Å². The van der Waals surface area contributed by atoms with Crippen molar-refractivity contribution in [1.29, 1.82) is 0 Å². The number of hydrogen-bond acceptors (Lipinski definition) is 3. The molecule has 1 aliphatic rings. The zero-order valence-electron chi connectivity index (χ0n) is 20.6. The quantitative estimate of drug-likeness (QED) is 0.300. The van der Waals surface area contributed by atoms with Gasteiger partial charge in [0.2, 0.25) is 5.91 Å². The normalized spacial score (nSPS) is 17.0. The van der Waals surface area contributed by atoms with Crippen LogP contribution in [-0.4, -0.2) is 29.9 Å². The van der Waals surface area contributed by atoms with Gasteiger partial charge in [0.25, 0.3) is 5.91 Å². The van der Waals surface area contributed by atoms with E-state index in [2.05, 4.69) is 55.5 Å². The second-order valence-corrected chi connectivity index (χ2v) is 9.21. The van der Waals surface area contributed by atoms with Gasteiger partial charge in [-0.15, -0.1) is 0 Å². The predicted molar refractivity (Wildman–Crippen MR) is 136 cm³/mol. The maximum Gasteiger partial charge on any atom is 0.252 e. The molecule has 0 saturated carbocycles. The monoisotopic (exact) mass is 447 g/mol. The second-order valence-electron chi connectivity index (χ2n) is 9.21. The molecular formula is C28H37N3O2. The Balaban J connectivity index is 1.78. The molecule has 0 aliphatic heterocycles. The summed E-state index contributed by atoms with van der Waals surface area (Å²) in [4.78, 5) is 27.9. The zero-order valence-corrected chi connectivity index (χ0v) is 20.6. The van der Waals surface area contributed by atoms with Crippen LogP contribution in [0.4, 0.5) is 0 Å². The van der Waals surface area contributed by atoms with Gasteiger partial charge in [-0.3, -0.25) is 14.6 Å². The number of nitrogens with one attached hydrogen (secondary N) is 2. The van der Waals surface area contributed by atoms with Gasteiger partial charge in [-0.1, -0.05) is 55.4 Å². The van der Waals surface area contributed by atoms with Crippen LogP contribution in [0, 0.1) is 5.41 Å². The Morgan fingerprint density at radius 2 is 1.88 bits per heavy atom. The number of hydrogen-bond donors (Lipinski definition) is 2. The summed E-state index contributed by atoms with van der Waals surface area (Å²) >= 11 is 0. The highest BCUT2D eigenvalue weighted by molar-refractivity contribution is 5.93.